The van der Waals surface area contributed by atoms with E-state index in [9.17, 15) is 9.90 Å². The Morgan fingerprint density at radius 3 is 2.72 bits per heavy atom. The lowest BCUT2D eigenvalue weighted by Crippen LogP contribution is -2.65. The summed E-state index contributed by atoms with van der Waals surface area (Å²) in [5.74, 6) is 0. The van der Waals surface area contributed by atoms with Crippen LogP contribution in [-0.4, -0.2) is 46.8 Å². The van der Waals surface area contributed by atoms with Gasteiger partial charge in [-0.3, -0.25) is 0 Å². The Morgan fingerprint density at radius 2 is 2.04 bits per heavy atom. The molecule has 1 aromatic carbocycles. The van der Waals surface area contributed by atoms with Gasteiger partial charge in [0.15, 0.2) is 0 Å². The first-order chi connectivity index (χ1) is 12.0. The molecule has 0 aliphatic carbocycles. The molecule has 3 heterocycles. The summed E-state index contributed by atoms with van der Waals surface area (Å²) >= 11 is 12.0. The van der Waals surface area contributed by atoms with Gasteiger partial charge in [0.2, 0.25) is 0 Å². The number of likely N-dealkylation sites (tertiary alicyclic amines) is 1. The van der Waals surface area contributed by atoms with Crippen LogP contribution in [0.1, 0.15) is 5.56 Å². The molecule has 2 atom stereocenters. The third-order valence-electron chi connectivity index (χ3n) is 5.25. The number of hydrogen-bond donors (Lipinski definition) is 1. The first-order valence-corrected chi connectivity index (χ1v) is 8.84. The highest BCUT2D eigenvalue weighted by molar-refractivity contribution is 6.41. The van der Waals surface area contributed by atoms with E-state index < -0.39 is 6.09 Å². The van der Waals surface area contributed by atoms with Crippen LogP contribution in [0.3, 0.4) is 0 Å². The zero-order chi connectivity index (χ0) is 17.6. The van der Waals surface area contributed by atoms with Gasteiger partial charge in [-0.25, -0.2) is 9.78 Å². The number of amides is 1. The third kappa shape index (κ3) is 2.81. The molecule has 0 radical (unpaired) electrons. The van der Waals surface area contributed by atoms with Gasteiger partial charge in [-0.15, -0.1) is 0 Å². The number of halogens is 2. The first kappa shape index (κ1) is 16.5. The lowest BCUT2D eigenvalue weighted by Gasteiger charge is -2.54. The summed E-state index contributed by atoms with van der Waals surface area (Å²) in [4.78, 5) is 19.3. The topological polar surface area (TPSA) is 56.7 Å². The van der Waals surface area contributed by atoms with Crippen LogP contribution in [0.2, 0.25) is 10.2 Å². The molecule has 2 aliphatic heterocycles. The molecule has 0 spiro atoms. The zero-order valence-corrected chi connectivity index (χ0v) is 14.9. The summed E-state index contributed by atoms with van der Waals surface area (Å²) < 4.78 is 0. The van der Waals surface area contributed by atoms with Gasteiger partial charge in [0.05, 0.1) is 22.9 Å². The van der Waals surface area contributed by atoms with Gasteiger partial charge < -0.3 is 14.9 Å². The predicted molar refractivity (Wildman–Crippen MR) is 97.6 cm³/mol. The van der Waals surface area contributed by atoms with Gasteiger partial charge in [0, 0.05) is 25.0 Å². The number of carbonyl (C=O) groups is 1. The summed E-state index contributed by atoms with van der Waals surface area (Å²) in [5.41, 5.74) is 2.04. The molecule has 1 N–H and O–H groups in total. The second kappa shape index (κ2) is 6.07. The van der Waals surface area contributed by atoms with E-state index in [0.29, 0.717) is 18.1 Å². The average Bonchev–Trinajstić information content (AvgIpc) is 2.86. The van der Waals surface area contributed by atoms with E-state index in [2.05, 4.69) is 22.0 Å². The maximum absolute atomic E-state index is 11.5. The maximum atomic E-state index is 11.5. The smallest absolute Gasteiger partial charge is 0.407 e. The van der Waals surface area contributed by atoms with Crippen molar-refractivity contribution in [3.05, 3.63) is 58.3 Å². The lowest BCUT2D eigenvalue weighted by molar-refractivity contribution is 0.144. The molecule has 0 saturated carbocycles. The van der Waals surface area contributed by atoms with Crippen molar-refractivity contribution in [2.24, 2.45) is 5.41 Å². The number of carboxylic acid groups (broad SMARTS) is 1. The molecule has 1 aromatic heterocycles. The van der Waals surface area contributed by atoms with Crippen LogP contribution in [-0.2, 0) is 6.42 Å². The van der Waals surface area contributed by atoms with Gasteiger partial charge in [-0.1, -0.05) is 53.5 Å². The summed E-state index contributed by atoms with van der Waals surface area (Å²) in [6.07, 6.45) is 1.69. The van der Waals surface area contributed by atoms with Crippen molar-refractivity contribution in [1.82, 2.24) is 9.88 Å². The number of rotatable bonds is 3. The van der Waals surface area contributed by atoms with E-state index in [1.54, 1.807) is 12.3 Å². The molecule has 2 saturated heterocycles. The lowest BCUT2D eigenvalue weighted by atomic mass is 9.69. The molecular weight excluding hydrogens is 361 g/mol. The van der Waals surface area contributed by atoms with Crippen molar-refractivity contribution in [1.29, 1.82) is 0 Å². The Hall–Kier alpha value is -1.98. The minimum atomic E-state index is -0.867. The van der Waals surface area contributed by atoms with E-state index in [1.807, 2.05) is 18.2 Å². The quantitative estimate of drug-likeness (QED) is 0.826. The van der Waals surface area contributed by atoms with Crippen molar-refractivity contribution in [2.75, 3.05) is 24.5 Å². The largest absolute Gasteiger partial charge is 0.465 e. The van der Waals surface area contributed by atoms with E-state index in [4.69, 9.17) is 23.2 Å². The number of nitrogens with zero attached hydrogens (tertiary/aromatic N) is 3. The fourth-order valence-corrected chi connectivity index (χ4v) is 4.36. The Bertz CT molecular complexity index is 817. The van der Waals surface area contributed by atoms with Gasteiger partial charge in [-0.2, -0.15) is 0 Å². The molecule has 4 rings (SSSR count). The van der Waals surface area contributed by atoms with Crippen LogP contribution in [0.15, 0.2) is 42.6 Å². The highest BCUT2D eigenvalue weighted by Crippen LogP contribution is 2.48. The molecule has 2 aromatic rings. The molecule has 2 aliphatic rings. The van der Waals surface area contributed by atoms with Gasteiger partial charge in [-0.05, 0) is 18.1 Å². The normalized spacial score (nSPS) is 24.8. The van der Waals surface area contributed by atoms with Crippen molar-refractivity contribution in [3.8, 4) is 0 Å². The van der Waals surface area contributed by atoms with Gasteiger partial charge in [0.1, 0.15) is 5.15 Å². The number of benzene rings is 1. The molecule has 0 unspecified atom stereocenters. The summed E-state index contributed by atoms with van der Waals surface area (Å²) in [5, 5.41) is 10.1. The summed E-state index contributed by atoms with van der Waals surface area (Å²) in [7, 11) is 0. The average molecular weight is 378 g/mol. The van der Waals surface area contributed by atoms with E-state index in [0.717, 1.165) is 18.7 Å². The number of anilines is 1. The van der Waals surface area contributed by atoms with E-state index in [-0.39, 0.29) is 16.6 Å². The number of aromatic nitrogens is 1. The second-order valence-corrected chi connectivity index (χ2v) is 7.56. The number of fused-ring (bicyclic) bond motifs is 1. The second-order valence-electron chi connectivity index (χ2n) is 6.80. The highest BCUT2D eigenvalue weighted by Gasteiger charge is 2.58. The molecule has 25 heavy (non-hydrogen) atoms. The summed E-state index contributed by atoms with van der Waals surface area (Å²) in [6, 6.07) is 12.1. The monoisotopic (exact) mass is 377 g/mol. The zero-order valence-electron chi connectivity index (χ0n) is 13.4. The first-order valence-electron chi connectivity index (χ1n) is 8.08. The van der Waals surface area contributed by atoms with Crippen LogP contribution in [0.5, 0.6) is 0 Å². The van der Waals surface area contributed by atoms with Crippen molar-refractivity contribution in [2.45, 2.75) is 12.5 Å². The number of hydrogen-bond acceptors (Lipinski definition) is 3. The van der Waals surface area contributed by atoms with Crippen molar-refractivity contribution >= 4 is 35.0 Å². The molecule has 1 amide bonds. The SMILES string of the molecule is O=C(O)N1C[C@H]2N(c3cnc(Cl)c(Cl)c3)C[C@@]2(Cc2ccccc2)C1. The van der Waals surface area contributed by atoms with Crippen LogP contribution in [0, 0.1) is 5.41 Å². The van der Waals surface area contributed by atoms with Crippen LogP contribution in [0.4, 0.5) is 10.5 Å². The molecule has 2 fully saturated rings. The Labute approximate surface area is 155 Å². The minimum absolute atomic E-state index is 0.0775. The third-order valence-corrected chi connectivity index (χ3v) is 5.94. The summed E-state index contributed by atoms with van der Waals surface area (Å²) in [6.45, 7) is 1.81. The predicted octanol–water partition coefficient (Wildman–Crippen LogP) is 3.80. The minimum Gasteiger partial charge on any atom is -0.465 e. The van der Waals surface area contributed by atoms with E-state index in [1.165, 1.54) is 10.5 Å². The Balaban J connectivity index is 1.62. The molecule has 0 bridgehead atoms. The van der Waals surface area contributed by atoms with Crippen molar-refractivity contribution < 1.29 is 9.90 Å². The molecule has 5 nitrogen and oxygen atoms in total. The maximum Gasteiger partial charge on any atom is 0.407 e. The van der Waals surface area contributed by atoms with Crippen LogP contribution < -0.4 is 4.90 Å². The van der Waals surface area contributed by atoms with Crippen LogP contribution >= 0.6 is 23.2 Å². The van der Waals surface area contributed by atoms with Gasteiger partial charge in [0.25, 0.3) is 0 Å². The Kier molecular flexibility index (Phi) is 4.01. The highest BCUT2D eigenvalue weighted by atomic mass is 35.5. The molecule has 130 valence electrons. The fourth-order valence-electron chi connectivity index (χ4n) is 4.09. The fraction of sp³-hybridized carbons (Fsp3) is 0.333. The standard InChI is InChI=1S/C18H17Cl2N3O2/c19-14-6-13(8-21-16(14)20)23-11-18(7-12-4-2-1-3-5-12)10-22(17(24)25)9-15(18)23/h1-6,8,15H,7,9-11H2,(H,24,25)/t15-,18-/m1/s1. The molecular formula is C18H17Cl2N3O2. The Morgan fingerprint density at radius 1 is 1.28 bits per heavy atom. The van der Waals surface area contributed by atoms with E-state index >= 15 is 0 Å². The van der Waals surface area contributed by atoms with Crippen LogP contribution in [0.25, 0.3) is 0 Å². The van der Waals surface area contributed by atoms with Gasteiger partial charge >= 0.3 is 6.09 Å². The molecule has 7 heteroatoms. The van der Waals surface area contributed by atoms with Crippen molar-refractivity contribution in [3.63, 3.8) is 0 Å². The number of pyridine rings is 1.